The summed E-state index contributed by atoms with van der Waals surface area (Å²) in [6, 6.07) is 8.56. The summed E-state index contributed by atoms with van der Waals surface area (Å²) < 4.78 is 0. The van der Waals surface area contributed by atoms with E-state index in [4.69, 9.17) is 0 Å². The summed E-state index contributed by atoms with van der Waals surface area (Å²) in [5, 5.41) is 13.7. The molecular formula is C15H23NOS. The van der Waals surface area contributed by atoms with Crippen LogP contribution in [-0.4, -0.2) is 29.0 Å². The molecule has 3 heteroatoms. The topological polar surface area (TPSA) is 32.3 Å². The van der Waals surface area contributed by atoms with E-state index in [1.807, 2.05) is 11.8 Å². The SMILES string of the molecule is CCNC1(CO)CCC(Sc2ccccc2C)C1. The third kappa shape index (κ3) is 3.08. The number of likely N-dealkylation sites (N-methyl/N-ethyl adjacent to an activating group) is 1. The molecule has 1 saturated carbocycles. The number of rotatable bonds is 5. The molecule has 0 aliphatic heterocycles. The average Bonchev–Trinajstić information content (AvgIpc) is 2.77. The van der Waals surface area contributed by atoms with Gasteiger partial charge in [-0.25, -0.2) is 0 Å². The molecule has 1 fully saturated rings. The van der Waals surface area contributed by atoms with Crippen LogP contribution in [-0.2, 0) is 0 Å². The van der Waals surface area contributed by atoms with E-state index < -0.39 is 0 Å². The zero-order valence-corrected chi connectivity index (χ0v) is 12.1. The lowest BCUT2D eigenvalue weighted by molar-refractivity contribution is 0.167. The van der Waals surface area contributed by atoms with Gasteiger partial charge in [0.15, 0.2) is 0 Å². The van der Waals surface area contributed by atoms with Crippen LogP contribution in [0, 0.1) is 6.92 Å². The van der Waals surface area contributed by atoms with E-state index in [0.717, 1.165) is 19.4 Å². The quantitative estimate of drug-likeness (QED) is 0.858. The molecule has 0 bridgehead atoms. The van der Waals surface area contributed by atoms with Crippen molar-refractivity contribution in [2.45, 2.75) is 48.8 Å². The highest BCUT2D eigenvalue weighted by atomic mass is 32.2. The zero-order chi connectivity index (χ0) is 13.0. The van der Waals surface area contributed by atoms with Gasteiger partial charge in [-0.15, -0.1) is 11.8 Å². The monoisotopic (exact) mass is 265 g/mol. The van der Waals surface area contributed by atoms with Crippen LogP contribution in [0.5, 0.6) is 0 Å². The van der Waals surface area contributed by atoms with E-state index in [0.29, 0.717) is 5.25 Å². The van der Waals surface area contributed by atoms with Gasteiger partial charge in [0.25, 0.3) is 0 Å². The summed E-state index contributed by atoms with van der Waals surface area (Å²) in [5.41, 5.74) is 1.32. The van der Waals surface area contributed by atoms with Crippen molar-refractivity contribution >= 4 is 11.8 Å². The number of thioether (sulfide) groups is 1. The van der Waals surface area contributed by atoms with Crippen molar-refractivity contribution in [3.63, 3.8) is 0 Å². The maximum Gasteiger partial charge on any atom is 0.0613 e. The molecule has 0 aromatic heterocycles. The molecule has 2 rings (SSSR count). The van der Waals surface area contributed by atoms with E-state index in [1.54, 1.807) is 0 Å². The maximum atomic E-state index is 9.61. The van der Waals surface area contributed by atoms with Crippen molar-refractivity contribution < 1.29 is 5.11 Å². The standard InChI is InChI=1S/C15H23NOS/c1-3-16-15(11-17)9-8-13(10-15)18-14-7-5-4-6-12(14)2/h4-7,13,16-17H,3,8-11H2,1-2H3. The van der Waals surface area contributed by atoms with Gasteiger partial charge in [0.05, 0.1) is 6.61 Å². The smallest absolute Gasteiger partial charge is 0.0613 e. The van der Waals surface area contributed by atoms with Crippen LogP contribution in [0.4, 0.5) is 0 Å². The highest BCUT2D eigenvalue weighted by Crippen LogP contribution is 2.40. The predicted octanol–water partition coefficient (Wildman–Crippen LogP) is 2.98. The molecular weight excluding hydrogens is 242 g/mol. The number of nitrogens with one attached hydrogen (secondary N) is 1. The fourth-order valence-corrected chi connectivity index (χ4v) is 4.19. The highest BCUT2D eigenvalue weighted by molar-refractivity contribution is 8.00. The van der Waals surface area contributed by atoms with Gasteiger partial charge in [-0.3, -0.25) is 0 Å². The summed E-state index contributed by atoms with van der Waals surface area (Å²) in [7, 11) is 0. The lowest BCUT2D eigenvalue weighted by Crippen LogP contribution is -2.46. The van der Waals surface area contributed by atoms with Crippen LogP contribution >= 0.6 is 11.8 Å². The van der Waals surface area contributed by atoms with Crippen molar-refractivity contribution in [3.8, 4) is 0 Å². The first-order chi connectivity index (χ1) is 8.69. The van der Waals surface area contributed by atoms with Crippen LogP contribution < -0.4 is 5.32 Å². The molecule has 2 unspecified atom stereocenters. The second kappa shape index (κ2) is 6.09. The van der Waals surface area contributed by atoms with Gasteiger partial charge in [-0.1, -0.05) is 25.1 Å². The summed E-state index contributed by atoms with van der Waals surface area (Å²) >= 11 is 1.97. The lowest BCUT2D eigenvalue weighted by atomic mass is 9.99. The number of aliphatic hydroxyl groups excluding tert-OH is 1. The van der Waals surface area contributed by atoms with Crippen molar-refractivity contribution in [1.29, 1.82) is 0 Å². The highest BCUT2D eigenvalue weighted by Gasteiger charge is 2.38. The molecule has 1 aromatic rings. The van der Waals surface area contributed by atoms with E-state index >= 15 is 0 Å². The number of aliphatic hydroxyl groups is 1. The number of benzene rings is 1. The Bertz CT molecular complexity index is 396. The molecule has 2 atom stereocenters. The Labute approximate surface area is 114 Å². The fraction of sp³-hybridized carbons (Fsp3) is 0.600. The van der Waals surface area contributed by atoms with Crippen LogP contribution in [0.1, 0.15) is 31.7 Å². The van der Waals surface area contributed by atoms with Crippen molar-refractivity contribution in [2.75, 3.05) is 13.2 Å². The first-order valence-electron chi connectivity index (χ1n) is 6.77. The van der Waals surface area contributed by atoms with Gasteiger partial charge in [-0.05, 0) is 44.4 Å². The lowest BCUT2D eigenvalue weighted by Gasteiger charge is -2.28. The fourth-order valence-electron chi connectivity index (χ4n) is 2.78. The molecule has 1 aromatic carbocycles. The molecule has 0 saturated heterocycles. The second-order valence-electron chi connectivity index (χ2n) is 5.22. The van der Waals surface area contributed by atoms with Crippen LogP contribution in [0.2, 0.25) is 0 Å². The molecule has 0 radical (unpaired) electrons. The van der Waals surface area contributed by atoms with E-state index in [2.05, 4.69) is 43.4 Å². The molecule has 100 valence electrons. The molecule has 2 N–H and O–H groups in total. The maximum absolute atomic E-state index is 9.61. The van der Waals surface area contributed by atoms with Crippen molar-refractivity contribution in [2.24, 2.45) is 0 Å². The van der Waals surface area contributed by atoms with Gasteiger partial charge >= 0.3 is 0 Å². The van der Waals surface area contributed by atoms with E-state index in [-0.39, 0.29) is 12.1 Å². The first kappa shape index (κ1) is 13.9. The summed E-state index contributed by atoms with van der Waals surface area (Å²) in [4.78, 5) is 1.38. The van der Waals surface area contributed by atoms with Crippen LogP contribution in [0.3, 0.4) is 0 Å². The molecule has 1 aliphatic rings. The summed E-state index contributed by atoms with van der Waals surface area (Å²) in [6.45, 7) is 5.47. The Balaban J connectivity index is 1.99. The van der Waals surface area contributed by atoms with Gasteiger partial charge in [0.1, 0.15) is 0 Å². The largest absolute Gasteiger partial charge is 0.394 e. The third-order valence-corrected chi connectivity index (χ3v) is 5.25. The van der Waals surface area contributed by atoms with Gasteiger partial charge in [0, 0.05) is 15.7 Å². The zero-order valence-electron chi connectivity index (χ0n) is 11.3. The Morgan fingerprint density at radius 1 is 1.44 bits per heavy atom. The molecule has 18 heavy (non-hydrogen) atoms. The van der Waals surface area contributed by atoms with Gasteiger partial charge in [0.2, 0.25) is 0 Å². The predicted molar refractivity (Wildman–Crippen MR) is 78.2 cm³/mol. The second-order valence-corrected chi connectivity index (χ2v) is 6.56. The minimum absolute atomic E-state index is 0.0326. The summed E-state index contributed by atoms with van der Waals surface area (Å²) in [5.74, 6) is 0. The van der Waals surface area contributed by atoms with E-state index in [1.165, 1.54) is 16.9 Å². The summed E-state index contributed by atoms with van der Waals surface area (Å²) in [6.07, 6.45) is 3.34. The Kier molecular flexibility index (Phi) is 4.71. The average molecular weight is 265 g/mol. The normalized spacial score (nSPS) is 27.6. The van der Waals surface area contributed by atoms with Gasteiger partial charge in [-0.2, -0.15) is 0 Å². The molecule has 0 amide bonds. The van der Waals surface area contributed by atoms with Crippen molar-refractivity contribution in [1.82, 2.24) is 5.32 Å². The van der Waals surface area contributed by atoms with Gasteiger partial charge < -0.3 is 10.4 Å². The number of aryl methyl sites for hydroxylation is 1. The Morgan fingerprint density at radius 3 is 2.89 bits per heavy atom. The first-order valence-corrected chi connectivity index (χ1v) is 7.65. The Morgan fingerprint density at radius 2 is 2.22 bits per heavy atom. The minimum Gasteiger partial charge on any atom is -0.394 e. The van der Waals surface area contributed by atoms with Crippen molar-refractivity contribution in [3.05, 3.63) is 29.8 Å². The number of hydrogen-bond acceptors (Lipinski definition) is 3. The molecule has 2 nitrogen and oxygen atoms in total. The Hall–Kier alpha value is -0.510. The number of hydrogen-bond donors (Lipinski definition) is 2. The molecule has 0 spiro atoms. The molecule has 1 aliphatic carbocycles. The van der Waals surface area contributed by atoms with E-state index in [9.17, 15) is 5.11 Å². The van der Waals surface area contributed by atoms with Crippen LogP contribution in [0.15, 0.2) is 29.2 Å². The molecule has 0 heterocycles. The van der Waals surface area contributed by atoms with Crippen LogP contribution in [0.25, 0.3) is 0 Å². The third-order valence-electron chi connectivity index (χ3n) is 3.80. The minimum atomic E-state index is -0.0326.